The van der Waals surface area contributed by atoms with Gasteiger partial charge in [-0.15, -0.1) is 0 Å². The van der Waals surface area contributed by atoms with Crippen LogP contribution in [-0.2, 0) is 4.79 Å². The molecule has 1 aromatic heterocycles. The van der Waals surface area contributed by atoms with Gasteiger partial charge in [-0.2, -0.15) is 0 Å². The van der Waals surface area contributed by atoms with E-state index in [0.29, 0.717) is 40.6 Å². The number of rotatable bonds is 7. The molecule has 0 radical (unpaired) electrons. The van der Waals surface area contributed by atoms with Gasteiger partial charge in [0.25, 0.3) is 5.91 Å². The summed E-state index contributed by atoms with van der Waals surface area (Å²) in [5, 5.41) is 12.6. The Morgan fingerprint density at radius 1 is 1.32 bits per heavy atom. The zero-order valence-corrected chi connectivity index (χ0v) is 16.2. The molecule has 2 aliphatic rings. The fourth-order valence-electron chi connectivity index (χ4n) is 4.25. The van der Waals surface area contributed by atoms with Gasteiger partial charge in [0.15, 0.2) is 0 Å². The molecule has 0 bridgehead atoms. The Kier molecular flexibility index (Phi) is 4.57. The number of carbonyl (C=O) groups excluding carboxylic acids is 2. The lowest BCUT2D eigenvalue weighted by molar-refractivity contribution is -0.124. The summed E-state index contributed by atoms with van der Waals surface area (Å²) in [5.41, 5.74) is 4.63. The first kappa shape index (κ1) is 18.8. The number of hydrogen-bond acceptors (Lipinski definition) is 5. The van der Waals surface area contributed by atoms with Crippen LogP contribution in [0.2, 0.25) is 0 Å². The third kappa shape index (κ3) is 3.35. The maximum Gasteiger partial charge on any atom is 0.256 e. The number of carbonyl (C=O) groups is 2. The van der Waals surface area contributed by atoms with Crippen LogP contribution < -0.4 is 15.8 Å². The lowest BCUT2D eigenvalue weighted by atomic mass is 10.0. The summed E-state index contributed by atoms with van der Waals surface area (Å²) >= 11 is 0. The summed E-state index contributed by atoms with van der Waals surface area (Å²) < 4.78 is 11.7. The van der Waals surface area contributed by atoms with Crippen molar-refractivity contribution in [2.24, 2.45) is 23.5 Å². The molecule has 4 N–H and O–H groups in total. The number of aliphatic hydroxyl groups is 1. The normalized spacial score (nSPS) is 25.2. The largest absolute Gasteiger partial charge is 0.493 e. The van der Waals surface area contributed by atoms with Crippen molar-refractivity contribution in [1.29, 1.82) is 0 Å². The van der Waals surface area contributed by atoms with Gasteiger partial charge in [0, 0.05) is 5.39 Å². The monoisotopic (exact) mass is 386 g/mol. The summed E-state index contributed by atoms with van der Waals surface area (Å²) in [6.45, 7) is 3.15. The first-order valence-electron chi connectivity index (χ1n) is 9.70. The molecule has 150 valence electrons. The molecule has 0 spiro atoms. The van der Waals surface area contributed by atoms with Gasteiger partial charge < -0.3 is 25.3 Å². The predicted octanol–water partition coefficient (Wildman–Crippen LogP) is 2.13. The molecular weight excluding hydrogens is 360 g/mol. The molecule has 3 unspecified atom stereocenters. The van der Waals surface area contributed by atoms with Gasteiger partial charge in [-0.05, 0) is 69.1 Å². The van der Waals surface area contributed by atoms with Crippen molar-refractivity contribution >= 4 is 22.8 Å². The molecule has 2 aliphatic carbocycles. The lowest BCUT2D eigenvalue weighted by Gasteiger charge is -2.24. The quantitative estimate of drug-likeness (QED) is 0.674. The van der Waals surface area contributed by atoms with Crippen LogP contribution in [-0.4, -0.2) is 35.7 Å². The number of nitrogens with one attached hydrogen (secondary N) is 1. The smallest absolute Gasteiger partial charge is 0.256 e. The van der Waals surface area contributed by atoms with E-state index in [9.17, 15) is 14.7 Å². The van der Waals surface area contributed by atoms with E-state index in [-0.39, 0.29) is 0 Å². The SMILES string of the molecule is Cc1oc2ccc(OCC3CC4CC4C3)cc2c1C(=O)NC(C)(CO)C(N)=O. The van der Waals surface area contributed by atoms with Gasteiger partial charge >= 0.3 is 0 Å². The highest BCUT2D eigenvalue weighted by atomic mass is 16.5. The number of aliphatic hydroxyl groups excluding tert-OH is 1. The number of benzene rings is 1. The number of amides is 2. The second kappa shape index (κ2) is 6.81. The zero-order valence-electron chi connectivity index (χ0n) is 16.2. The minimum absolute atomic E-state index is 0.309. The Hall–Kier alpha value is -2.54. The molecule has 7 nitrogen and oxygen atoms in total. The van der Waals surface area contributed by atoms with Crippen molar-refractivity contribution in [2.45, 2.75) is 38.6 Å². The van der Waals surface area contributed by atoms with Gasteiger partial charge in [-0.25, -0.2) is 0 Å². The molecule has 4 rings (SSSR count). The number of furan rings is 1. The molecule has 3 atom stereocenters. The predicted molar refractivity (Wildman–Crippen MR) is 103 cm³/mol. The van der Waals surface area contributed by atoms with Crippen molar-refractivity contribution < 1.29 is 23.8 Å². The standard InChI is InChI=1S/C21H26N2O5/c1-11-18(19(25)23-21(2,10-24)20(22)26)16-8-15(3-4-17(16)28-11)27-9-12-5-13-7-14(13)6-12/h3-4,8,12-14,24H,5-7,9-10H2,1-2H3,(H2,22,26)(H,23,25). The van der Waals surface area contributed by atoms with Crippen molar-refractivity contribution in [1.82, 2.24) is 5.32 Å². The van der Waals surface area contributed by atoms with E-state index < -0.39 is 24.0 Å². The number of nitrogens with two attached hydrogens (primary N) is 1. The average Bonchev–Trinajstić information content (AvgIpc) is 3.11. The van der Waals surface area contributed by atoms with E-state index in [1.54, 1.807) is 19.1 Å². The van der Waals surface area contributed by atoms with E-state index in [1.807, 2.05) is 6.07 Å². The average molecular weight is 386 g/mol. The Labute approximate surface area is 163 Å². The first-order chi connectivity index (χ1) is 13.3. The lowest BCUT2D eigenvalue weighted by Crippen LogP contribution is -2.57. The molecule has 28 heavy (non-hydrogen) atoms. The molecule has 1 heterocycles. The Morgan fingerprint density at radius 2 is 2.04 bits per heavy atom. The minimum Gasteiger partial charge on any atom is -0.493 e. The van der Waals surface area contributed by atoms with Crippen molar-refractivity contribution in [3.05, 3.63) is 29.5 Å². The van der Waals surface area contributed by atoms with E-state index in [4.69, 9.17) is 14.9 Å². The molecule has 2 saturated carbocycles. The van der Waals surface area contributed by atoms with Gasteiger partial charge in [0.05, 0.1) is 18.8 Å². The Balaban J connectivity index is 1.54. The number of primary amides is 1. The Bertz CT molecular complexity index is 926. The maximum atomic E-state index is 12.8. The molecule has 0 saturated heterocycles. The molecule has 2 aromatic rings. The molecule has 0 aliphatic heterocycles. The van der Waals surface area contributed by atoms with E-state index in [1.165, 1.54) is 26.2 Å². The molecule has 1 aromatic carbocycles. The topological polar surface area (TPSA) is 115 Å². The second-order valence-corrected chi connectivity index (χ2v) is 8.40. The highest BCUT2D eigenvalue weighted by Gasteiger charge is 2.45. The number of aryl methyl sites for hydroxylation is 1. The van der Waals surface area contributed by atoms with Crippen molar-refractivity contribution in [3.8, 4) is 5.75 Å². The fraction of sp³-hybridized carbons (Fsp3) is 0.524. The van der Waals surface area contributed by atoms with Crippen LogP contribution in [0.4, 0.5) is 0 Å². The maximum absolute atomic E-state index is 12.8. The van der Waals surface area contributed by atoms with Gasteiger partial charge in [0.2, 0.25) is 5.91 Å². The summed E-state index contributed by atoms with van der Waals surface area (Å²) in [6.07, 6.45) is 3.88. The highest BCUT2D eigenvalue weighted by molar-refractivity contribution is 6.09. The summed E-state index contributed by atoms with van der Waals surface area (Å²) in [6, 6.07) is 5.40. The van der Waals surface area contributed by atoms with Gasteiger partial charge in [-0.1, -0.05) is 0 Å². The van der Waals surface area contributed by atoms with Gasteiger partial charge in [-0.3, -0.25) is 9.59 Å². The molecule has 2 fully saturated rings. The number of fused-ring (bicyclic) bond motifs is 2. The minimum atomic E-state index is -1.55. The van der Waals surface area contributed by atoms with Crippen LogP contribution in [0, 0.1) is 24.7 Å². The van der Waals surface area contributed by atoms with E-state index in [0.717, 1.165) is 11.8 Å². The van der Waals surface area contributed by atoms with E-state index >= 15 is 0 Å². The number of hydrogen-bond donors (Lipinski definition) is 3. The number of ether oxygens (including phenoxy) is 1. The van der Waals surface area contributed by atoms with Crippen LogP contribution in [0.3, 0.4) is 0 Å². The fourth-order valence-corrected chi connectivity index (χ4v) is 4.25. The third-order valence-corrected chi connectivity index (χ3v) is 6.14. The van der Waals surface area contributed by atoms with E-state index in [2.05, 4.69) is 5.32 Å². The zero-order chi connectivity index (χ0) is 20.1. The van der Waals surface area contributed by atoms with Crippen LogP contribution in [0.1, 0.15) is 42.3 Å². The molecule has 7 heteroatoms. The van der Waals surface area contributed by atoms with Crippen molar-refractivity contribution in [2.75, 3.05) is 13.2 Å². The van der Waals surface area contributed by atoms with Crippen LogP contribution in [0.5, 0.6) is 5.75 Å². The van der Waals surface area contributed by atoms with Crippen LogP contribution in [0.15, 0.2) is 22.6 Å². The third-order valence-electron chi connectivity index (χ3n) is 6.14. The molecule has 2 amide bonds. The summed E-state index contributed by atoms with van der Waals surface area (Å²) in [5.74, 6) is 2.19. The second-order valence-electron chi connectivity index (χ2n) is 8.40. The highest BCUT2D eigenvalue weighted by Crippen LogP contribution is 2.54. The van der Waals surface area contributed by atoms with Crippen LogP contribution >= 0.6 is 0 Å². The van der Waals surface area contributed by atoms with Crippen molar-refractivity contribution in [3.63, 3.8) is 0 Å². The summed E-state index contributed by atoms with van der Waals surface area (Å²) in [4.78, 5) is 24.4. The van der Waals surface area contributed by atoms with Crippen LogP contribution in [0.25, 0.3) is 11.0 Å². The summed E-state index contributed by atoms with van der Waals surface area (Å²) in [7, 11) is 0. The van der Waals surface area contributed by atoms with Gasteiger partial charge in [0.1, 0.15) is 22.6 Å². The molecular formula is C21H26N2O5. The first-order valence-corrected chi connectivity index (χ1v) is 9.70. The Morgan fingerprint density at radius 3 is 2.68 bits per heavy atom.